The molecule has 1 fully saturated rings. The number of nitrogens with zero attached hydrogens (tertiary/aromatic N) is 4. The van der Waals surface area contributed by atoms with Crippen LogP contribution < -0.4 is 15.5 Å². The fourth-order valence-corrected chi connectivity index (χ4v) is 3.98. The summed E-state index contributed by atoms with van der Waals surface area (Å²) in [4.78, 5) is 11.7. The first-order chi connectivity index (χ1) is 13.1. The van der Waals surface area contributed by atoms with Crippen LogP contribution in [0.2, 0.25) is 0 Å². The molecule has 1 aromatic carbocycles. The van der Waals surface area contributed by atoms with Gasteiger partial charge in [0.25, 0.3) is 0 Å². The van der Waals surface area contributed by atoms with Crippen LogP contribution in [0.5, 0.6) is 0 Å². The molecule has 1 unspecified atom stereocenters. The third kappa shape index (κ3) is 4.54. The van der Waals surface area contributed by atoms with E-state index in [0.29, 0.717) is 31.3 Å². The van der Waals surface area contributed by atoms with Crippen molar-refractivity contribution in [3.63, 3.8) is 0 Å². The van der Waals surface area contributed by atoms with Crippen LogP contribution in [-0.4, -0.2) is 41.5 Å². The maximum Gasteiger partial charge on any atom is 0.193 e. The zero-order valence-corrected chi connectivity index (χ0v) is 18.4. The van der Waals surface area contributed by atoms with E-state index in [0.717, 1.165) is 23.1 Å². The summed E-state index contributed by atoms with van der Waals surface area (Å²) in [5.74, 6) is -0.412. The predicted octanol–water partition coefficient (Wildman–Crippen LogP) is 3.24. The lowest BCUT2D eigenvalue weighted by Gasteiger charge is -2.20. The number of nitrogens with one attached hydrogen (secondary N) is 2. The van der Waals surface area contributed by atoms with E-state index in [1.54, 1.807) is 18.4 Å². The van der Waals surface area contributed by atoms with Gasteiger partial charge >= 0.3 is 0 Å². The molecule has 1 aliphatic rings. The number of fused-ring (bicyclic) bond motifs is 1. The second kappa shape index (κ2) is 9.03. The van der Waals surface area contributed by atoms with Crippen LogP contribution in [0.25, 0.3) is 4.96 Å². The van der Waals surface area contributed by atoms with Gasteiger partial charge in [-0.15, -0.1) is 35.3 Å². The average molecular weight is 518 g/mol. The maximum absolute atomic E-state index is 14.0. The minimum absolute atomic E-state index is 0. The van der Waals surface area contributed by atoms with Crippen LogP contribution in [0.4, 0.5) is 14.5 Å². The molecule has 28 heavy (non-hydrogen) atoms. The maximum atomic E-state index is 14.0. The molecule has 6 nitrogen and oxygen atoms in total. The molecule has 2 N–H and O–H groups in total. The van der Waals surface area contributed by atoms with Crippen molar-refractivity contribution in [1.29, 1.82) is 0 Å². The highest BCUT2D eigenvalue weighted by molar-refractivity contribution is 14.0. The molecule has 0 saturated carbocycles. The average Bonchev–Trinajstić information content (AvgIpc) is 3.34. The van der Waals surface area contributed by atoms with Gasteiger partial charge in [-0.2, -0.15) is 0 Å². The second-order valence-corrected chi connectivity index (χ2v) is 7.30. The van der Waals surface area contributed by atoms with Gasteiger partial charge in [-0.25, -0.2) is 13.8 Å². The first-order valence-corrected chi connectivity index (χ1v) is 9.58. The smallest absolute Gasteiger partial charge is 0.193 e. The molecule has 0 radical (unpaired) electrons. The zero-order valence-electron chi connectivity index (χ0n) is 15.2. The summed E-state index contributed by atoms with van der Waals surface area (Å²) in [6.07, 6.45) is 4.81. The van der Waals surface area contributed by atoms with Gasteiger partial charge in [0, 0.05) is 50.0 Å². The summed E-state index contributed by atoms with van der Waals surface area (Å²) in [5.41, 5.74) is 1.37. The highest BCUT2D eigenvalue weighted by Crippen LogP contribution is 2.24. The Balaban J connectivity index is 0.00000225. The number of rotatable bonds is 4. The van der Waals surface area contributed by atoms with Gasteiger partial charge in [-0.3, -0.25) is 9.39 Å². The molecule has 1 aliphatic heterocycles. The number of hydrogen-bond donors (Lipinski definition) is 2. The second-order valence-electron chi connectivity index (χ2n) is 6.42. The minimum Gasteiger partial charge on any atom is -0.367 e. The number of aromatic nitrogens is 2. The van der Waals surface area contributed by atoms with Crippen LogP contribution in [0.1, 0.15) is 12.1 Å². The highest BCUT2D eigenvalue weighted by atomic mass is 127. The molecule has 1 saturated heterocycles. The Morgan fingerprint density at radius 1 is 1.39 bits per heavy atom. The lowest BCUT2D eigenvalue weighted by Crippen LogP contribution is -2.44. The Kier molecular flexibility index (Phi) is 6.70. The van der Waals surface area contributed by atoms with Crippen molar-refractivity contribution >= 4 is 51.9 Å². The quantitative estimate of drug-likeness (QED) is 0.317. The Bertz CT molecular complexity index is 944. The van der Waals surface area contributed by atoms with E-state index in [2.05, 4.69) is 20.6 Å². The number of anilines is 1. The van der Waals surface area contributed by atoms with Gasteiger partial charge in [-0.05, 0) is 18.6 Å². The van der Waals surface area contributed by atoms with E-state index in [4.69, 9.17) is 0 Å². The Hall–Kier alpha value is -1.95. The van der Waals surface area contributed by atoms with Gasteiger partial charge in [0.15, 0.2) is 10.9 Å². The first kappa shape index (κ1) is 20.8. The van der Waals surface area contributed by atoms with Crippen molar-refractivity contribution in [2.75, 3.05) is 25.0 Å². The van der Waals surface area contributed by atoms with Crippen molar-refractivity contribution in [2.24, 2.45) is 4.99 Å². The van der Waals surface area contributed by atoms with Gasteiger partial charge < -0.3 is 15.5 Å². The minimum atomic E-state index is -0.561. The third-order valence-corrected chi connectivity index (χ3v) is 5.35. The monoisotopic (exact) mass is 518 g/mol. The Labute approximate surface area is 182 Å². The topological polar surface area (TPSA) is 57.0 Å². The standard InChI is InChI=1S/C18H20F2N6S.HI/c1-21-17(22-9-14-11-26-6-7-27-18(26)24-14)23-13-4-5-25(10-13)16-3-2-12(19)8-15(16)20;/h2-3,6-8,11,13H,4-5,9-10H2,1H3,(H2,21,22,23);1H. The molecule has 0 spiro atoms. The molecule has 0 aliphatic carbocycles. The van der Waals surface area contributed by atoms with Crippen molar-refractivity contribution in [1.82, 2.24) is 20.0 Å². The largest absolute Gasteiger partial charge is 0.367 e. The van der Waals surface area contributed by atoms with Crippen LogP contribution in [0.15, 0.2) is 41.0 Å². The van der Waals surface area contributed by atoms with Gasteiger partial charge in [-0.1, -0.05) is 0 Å². The summed E-state index contributed by atoms with van der Waals surface area (Å²) in [7, 11) is 1.72. The highest BCUT2D eigenvalue weighted by Gasteiger charge is 2.25. The lowest BCUT2D eigenvalue weighted by molar-refractivity contribution is 0.580. The van der Waals surface area contributed by atoms with Crippen molar-refractivity contribution in [3.05, 3.63) is 53.3 Å². The molecule has 1 atom stereocenters. The van der Waals surface area contributed by atoms with Crippen LogP contribution >= 0.6 is 35.3 Å². The van der Waals surface area contributed by atoms with Crippen molar-refractivity contribution in [3.8, 4) is 0 Å². The van der Waals surface area contributed by atoms with Crippen molar-refractivity contribution in [2.45, 2.75) is 19.0 Å². The van der Waals surface area contributed by atoms with Gasteiger partial charge in [0.2, 0.25) is 0 Å². The predicted molar refractivity (Wildman–Crippen MR) is 119 cm³/mol. The van der Waals surface area contributed by atoms with E-state index in [1.807, 2.05) is 27.1 Å². The van der Waals surface area contributed by atoms with Gasteiger partial charge in [0.1, 0.15) is 11.6 Å². The fraction of sp³-hybridized carbons (Fsp3) is 0.333. The van der Waals surface area contributed by atoms with E-state index in [-0.39, 0.29) is 30.0 Å². The molecule has 3 heterocycles. The lowest BCUT2D eigenvalue weighted by atomic mass is 10.2. The molecule has 3 aromatic rings. The SMILES string of the molecule is CN=C(NCc1cn2ccsc2n1)NC1CCN(c2ccc(F)cc2F)C1.I. The molecule has 4 rings (SSSR count). The molecule has 0 amide bonds. The summed E-state index contributed by atoms with van der Waals surface area (Å²) >= 11 is 1.59. The molecule has 0 bridgehead atoms. The number of halogens is 3. The van der Waals surface area contributed by atoms with Crippen LogP contribution in [-0.2, 0) is 6.54 Å². The molecule has 10 heteroatoms. The summed E-state index contributed by atoms with van der Waals surface area (Å²) in [6, 6.07) is 3.83. The molecule has 150 valence electrons. The van der Waals surface area contributed by atoms with E-state index >= 15 is 0 Å². The van der Waals surface area contributed by atoms with E-state index < -0.39 is 11.6 Å². The summed E-state index contributed by atoms with van der Waals surface area (Å²) in [5, 5.41) is 8.62. The van der Waals surface area contributed by atoms with Crippen molar-refractivity contribution < 1.29 is 8.78 Å². The Morgan fingerprint density at radius 3 is 3.00 bits per heavy atom. The number of thiazole rings is 1. The fourth-order valence-electron chi connectivity index (χ4n) is 3.26. The zero-order chi connectivity index (χ0) is 18.8. The molecular weight excluding hydrogens is 497 g/mol. The Morgan fingerprint density at radius 2 is 2.25 bits per heavy atom. The van der Waals surface area contributed by atoms with Crippen LogP contribution in [0, 0.1) is 11.6 Å². The number of aliphatic imine (C=N–C) groups is 1. The molecule has 2 aromatic heterocycles. The van der Waals surface area contributed by atoms with E-state index in [1.165, 1.54) is 12.1 Å². The number of benzene rings is 1. The third-order valence-electron chi connectivity index (χ3n) is 4.58. The summed E-state index contributed by atoms with van der Waals surface area (Å²) in [6.45, 7) is 1.90. The normalized spacial score (nSPS) is 17.0. The van der Waals surface area contributed by atoms with E-state index in [9.17, 15) is 8.78 Å². The number of hydrogen-bond acceptors (Lipinski definition) is 4. The van der Waals surface area contributed by atoms with Crippen LogP contribution in [0.3, 0.4) is 0 Å². The number of imidazole rings is 1. The number of guanidine groups is 1. The van der Waals surface area contributed by atoms with Gasteiger partial charge in [0.05, 0.1) is 17.9 Å². The first-order valence-electron chi connectivity index (χ1n) is 8.70. The summed E-state index contributed by atoms with van der Waals surface area (Å²) < 4.78 is 29.1. The molecular formula is C18H21F2IN6S.